The summed E-state index contributed by atoms with van der Waals surface area (Å²) in [5.74, 6) is -1.69. The number of para-hydroxylation sites is 1. The average Bonchev–Trinajstić information content (AvgIpc) is 2.86. The fourth-order valence-electron chi connectivity index (χ4n) is 4.43. The van der Waals surface area contributed by atoms with E-state index in [-0.39, 0.29) is 5.39 Å². The van der Waals surface area contributed by atoms with Crippen molar-refractivity contribution in [3.8, 4) is 0 Å². The van der Waals surface area contributed by atoms with E-state index in [1.807, 2.05) is 72.8 Å². The molecule has 32 heavy (non-hydrogen) atoms. The maximum atomic E-state index is 14.8. The summed E-state index contributed by atoms with van der Waals surface area (Å²) < 4.78 is 28.9. The second kappa shape index (κ2) is 8.27. The van der Waals surface area contributed by atoms with Gasteiger partial charge < -0.3 is 5.32 Å². The summed E-state index contributed by atoms with van der Waals surface area (Å²) in [5, 5.41) is 4.66. The third kappa shape index (κ3) is 3.32. The van der Waals surface area contributed by atoms with E-state index in [1.165, 1.54) is 6.07 Å². The second-order valence-corrected chi connectivity index (χ2v) is 7.74. The van der Waals surface area contributed by atoms with Crippen LogP contribution in [-0.2, 0) is 5.54 Å². The minimum absolute atomic E-state index is 0.258. The quantitative estimate of drug-likeness (QED) is 0.289. The summed E-state index contributed by atoms with van der Waals surface area (Å²) in [6.45, 7) is 0. The number of benzene rings is 5. The molecule has 0 atom stereocenters. The van der Waals surface area contributed by atoms with Gasteiger partial charge in [0.25, 0.3) is 0 Å². The van der Waals surface area contributed by atoms with Gasteiger partial charge in [0.2, 0.25) is 0 Å². The number of hydrogen-bond acceptors (Lipinski definition) is 1. The molecule has 0 radical (unpaired) electrons. The van der Waals surface area contributed by atoms with E-state index >= 15 is 0 Å². The zero-order valence-electron chi connectivity index (χ0n) is 17.3. The van der Waals surface area contributed by atoms with Crippen molar-refractivity contribution in [3.05, 3.63) is 150 Å². The Kier molecular flexibility index (Phi) is 5.16. The van der Waals surface area contributed by atoms with Gasteiger partial charge in [0.1, 0.15) is 5.54 Å². The molecular weight excluding hydrogens is 400 g/mol. The maximum absolute atomic E-state index is 14.8. The number of anilines is 1. The lowest BCUT2D eigenvalue weighted by molar-refractivity contribution is 0.517. The molecule has 5 rings (SSSR count). The fraction of sp³-hybridized carbons (Fsp3) is 0.0345. The second-order valence-electron chi connectivity index (χ2n) is 7.74. The van der Waals surface area contributed by atoms with Crippen LogP contribution in [0.3, 0.4) is 0 Å². The van der Waals surface area contributed by atoms with Crippen LogP contribution >= 0.6 is 0 Å². The van der Waals surface area contributed by atoms with Crippen molar-refractivity contribution in [2.24, 2.45) is 0 Å². The summed E-state index contributed by atoms with van der Waals surface area (Å²) in [7, 11) is 0. The molecule has 5 aromatic rings. The van der Waals surface area contributed by atoms with Gasteiger partial charge >= 0.3 is 0 Å². The Hall–Kier alpha value is -3.98. The molecule has 0 spiro atoms. The molecule has 0 fully saturated rings. The normalized spacial score (nSPS) is 11.4. The highest BCUT2D eigenvalue weighted by Crippen LogP contribution is 2.43. The average molecular weight is 421 g/mol. The highest BCUT2D eigenvalue weighted by molar-refractivity contribution is 5.89. The lowest BCUT2D eigenvalue weighted by Gasteiger charge is -2.38. The molecule has 0 aliphatic heterocycles. The first-order valence-corrected chi connectivity index (χ1v) is 10.5. The SMILES string of the molecule is Fc1ccc2c(C(Nc3ccccc3)(c3ccccc3)c3ccccc3)cccc2c1F. The molecule has 0 saturated heterocycles. The first-order valence-electron chi connectivity index (χ1n) is 10.5. The van der Waals surface area contributed by atoms with Crippen LogP contribution in [0.2, 0.25) is 0 Å². The molecule has 5 aromatic carbocycles. The molecular formula is C29H21F2N. The van der Waals surface area contributed by atoms with Gasteiger partial charge in [-0.3, -0.25) is 0 Å². The van der Waals surface area contributed by atoms with Gasteiger partial charge in [0.05, 0.1) is 0 Å². The summed E-state index contributed by atoms with van der Waals surface area (Å²) in [6, 6.07) is 38.3. The van der Waals surface area contributed by atoms with Gasteiger partial charge in [0.15, 0.2) is 11.6 Å². The van der Waals surface area contributed by atoms with E-state index < -0.39 is 17.2 Å². The van der Waals surface area contributed by atoms with Crippen LogP contribution in [-0.4, -0.2) is 0 Å². The zero-order valence-corrected chi connectivity index (χ0v) is 17.3. The van der Waals surface area contributed by atoms with E-state index in [0.717, 1.165) is 22.4 Å². The number of fused-ring (bicyclic) bond motifs is 1. The van der Waals surface area contributed by atoms with Crippen molar-refractivity contribution in [2.45, 2.75) is 5.54 Å². The molecule has 0 amide bonds. The molecule has 3 heteroatoms. The zero-order chi connectivity index (χ0) is 22.0. The Morgan fingerprint density at radius 1 is 0.500 bits per heavy atom. The number of nitrogens with one attached hydrogen (secondary N) is 1. The van der Waals surface area contributed by atoms with Crippen molar-refractivity contribution in [1.29, 1.82) is 0 Å². The van der Waals surface area contributed by atoms with Gasteiger partial charge in [0, 0.05) is 11.1 Å². The molecule has 0 aliphatic rings. The summed E-state index contributed by atoms with van der Waals surface area (Å²) in [5.41, 5.74) is 2.91. The monoisotopic (exact) mass is 421 g/mol. The van der Waals surface area contributed by atoms with E-state index in [4.69, 9.17) is 0 Å². The lowest BCUT2D eigenvalue weighted by Crippen LogP contribution is -2.38. The maximum Gasteiger partial charge on any atom is 0.166 e. The smallest absolute Gasteiger partial charge is 0.166 e. The van der Waals surface area contributed by atoms with Gasteiger partial charge in [-0.05, 0) is 40.3 Å². The van der Waals surface area contributed by atoms with Crippen molar-refractivity contribution in [1.82, 2.24) is 0 Å². The third-order valence-electron chi connectivity index (χ3n) is 5.87. The fourth-order valence-corrected chi connectivity index (χ4v) is 4.43. The predicted octanol–water partition coefficient (Wildman–Crippen LogP) is 7.52. The predicted molar refractivity (Wildman–Crippen MR) is 127 cm³/mol. The molecule has 0 heterocycles. The van der Waals surface area contributed by atoms with Crippen LogP contribution < -0.4 is 5.32 Å². The third-order valence-corrected chi connectivity index (χ3v) is 5.87. The van der Waals surface area contributed by atoms with Crippen LogP contribution in [0.1, 0.15) is 16.7 Å². The van der Waals surface area contributed by atoms with E-state index in [1.54, 1.807) is 18.2 Å². The molecule has 156 valence electrons. The molecule has 0 saturated carbocycles. The van der Waals surface area contributed by atoms with Crippen LogP contribution in [0.5, 0.6) is 0 Å². The van der Waals surface area contributed by atoms with Crippen LogP contribution in [0.15, 0.2) is 121 Å². The van der Waals surface area contributed by atoms with Gasteiger partial charge in [-0.15, -0.1) is 0 Å². The minimum Gasteiger partial charge on any atom is -0.368 e. The Balaban J connectivity index is 1.91. The van der Waals surface area contributed by atoms with Gasteiger partial charge in [-0.2, -0.15) is 0 Å². The number of hydrogen-bond donors (Lipinski definition) is 1. The lowest BCUT2D eigenvalue weighted by atomic mass is 9.75. The topological polar surface area (TPSA) is 12.0 Å². The van der Waals surface area contributed by atoms with Gasteiger partial charge in [-0.1, -0.05) is 103 Å². The van der Waals surface area contributed by atoms with Crippen LogP contribution in [0, 0.1) is 11.6 Å². The van der Waals surface area contributed by atoms with E-state index in [2.05, 4.69) is 29.6 Å². The summed E-state index contributed by atoms with van der Waals surface area (Å²) >= 11 is 0. The van der Waals surface area contributed by atoms with E-state index in [0.29, 0.717) is 5.39 Å². The van der Waals surface area contributed by atoms with Crippen molar-refractivity contribution >= 4 is 16.5 Å². The summed E-state index contributed by atoms with van der Waals surface area (Å²) in [6.07, 6.45) is 0. The van der Waals surface area contributed by atoms with Crippen LogP contribution in [0.4, 0.5) is 14.5 Å². The number of rotatable bonds is 5. The van der Waals surface area contributed by atoms with Crippen molar-refractivity contribution < 1.29 is 8.78 Å². The Morgan fingerprint density at radius 2 is 1.06 bits per heavy atom. The summed E-state index contributed by atoms with van der Waals surface area (Å²) in [4.78, 5) is 0. The molecule has 1 N–H and O–H groups in total. The number of halogens is 2. The standard InChI is InChI=1S/C29H21F2N/c30-27-20-19-24-25(28(27)31)17-10-18-26(24)29(21-11-4-1-5-12-21,22-13-6-2-7-14-22)32-23-15-8-3-9-16-23/h1-20,32H. The largest absolute Gasteiger partial charge is 0.368 e. The van der Waals surface area contributed by atoms with Crippen LogP contribution in [0.25, 0.3) is 10.8 Å². The van der Waals surface area contributed by atoms with E-state index in [9.17, 15) is 8.78 Å². The molecule has 0 bridgehead atoms. The molecule has 0 aliphatic carbocycles. The van der Waals surface area contributed by atoms with Crippen molar-refractivity contribution in [2.75, 3.05) is 5.32 Å². The molecule has 0 aromatic heterocycles. The van der Waals surface area contributed by atoms with Gasteiger partial charge in [-0.25, -0.2) is 8.78 Å². The molecule has 0 unspecified atom stereocenters. The first-order chi connectivity index (χ1) is 15.7. The minimum atomic E-state index is -0.851. The first kappa shape index (κ1) is 20.0. The Bertz CT molecular complexity index is 1310. The Labute approximate surface area is 186 Å². The highest BCUT2D eigenvalue weighted by Gasteiger charge is 2.38. The van der Waals surface area contributed by atoms with Crippen molar-refractivity contribution in [3.63, 3.8) is 0 Å². The Morgan fingerprint density at radius 3 is 1.66 bits per heavy atom. The highest BCUT2D eigenvalue weighted by atomic mass is 19.2. The molecule has 1 nitrogen and oxygen atoms in total.